The predicted octanol–water partition coefficient (Wildman–Crippen LogP) is 1.15. The molecular formula is C3H4ClO. The van der Waals surface area contributed by atoms with Crippen molar-refractivity contribution in [3.63, 3.8) is 0 Å². The van der Waals surface area contributed by atoms with Crippen molar-refractivity contribution in [1.82, 2.24) is 0 Å². The van der Waals surface area contributed by atoms with Crippen LogP contribution in [0.5, 0.6) is 0 Å². The van der Waals surface area contributed by atoms with Gasteiger partial charge in [0.25, 0.3) is 0 Å². The quantitative estimate of drug-likeness (QED) is 0.399. The normalized spacial score (nSPS) is 30.0. The Kier molecular flexibility index (Phi) is 0.454. The lowest BCUT2D eigenvalue weighted by molar-refractivity contribution is 0.139. The molecule has 0 unspecified atom stereocenters. The summed E-state index contributed by atoms with van der Waals surface area (Å²) in [6.45, 7) is 0. The lowest BCUT2D eigenvalue weighted by Crippen LogP contribution is -1.85. The van der Waals surface area contributed by atoms with E-state index in [-0.39, 0.29) is 0 Å². The van der Waals surface area contributed by atoms with Gasteiger partial charge in [-0.3, -0.25) is 0 Å². The van der Waals surface area contributed by atoms with Crippen molar-refractivity contribution in [2.75, 3.05) is 0 Å². The zero-order chi connectivity index (χ0) is 3.91. The molecule has 0 heterocycles. The smallest absolute Gasteiger partial charge is 0.176 e. The molecule has 0 aromatic rings. The van der Waals surface area contributed by atoms with Crippen LogP contribution in [-0.2, 0) is 5.11 Å². The largest absolute Gasteiger partial charge is 0.212 e. The molecule has 0 bridgehead atoms. The molecule has 1 fully saturated rings. The molecule has 29 valence electrons. The molecule has 1 aliphatic rings. The number of hydrogen-bond donors (Lipinski definition) is 0. The second kappa shape index (κ2) is 0.660. The van der Waals surface area contributed by atoms with Crippen molar-refractivity contribution in [2.45, 2.75) is 17.9 Å². The number of halogens is 1. The third kappa shape index (κ3) is 0.781. The monoisotopic (exact) mass is 91.0 g/mol. The Bertz CT molecular complexity index is 44.9. The molecule has 1 nitrogen and oxygen atoms in total. The summed E-state index contributed by atoms with van der Waals surface area (Å²) in [4.78, 5) is 0. The second-order valence-electron chi connectivity index (χ2n) is 1.38. The molecule has 1 radical (unpaired) electrons. The van der Waals surface area contributed by atoms with Gasteiger partial charge in [0, 0.05) is 0 Å². The summed E-state index contributed by atoms with van der Waals surface area (Å²) >= 11 is 5.09. The molecule has 0 atom stereocenters. The fraction of sp³-hybridized carbons (Fsp3) is 1.00. The van der Waals surface area contributed by atoms with Crippen LogP contribution < -0.4 is 0 Å². The molecule has 0 aromatic heterocycles. The van der Waals surface area contributed by atoms with Gasteiger partial charge in [-0.25, -0.2) is 5.11 Å². The molecule has 0 saturated heterocycles. The van der Waals surface area contributed by atoms with Crippen molar-refractivity contribution in [2.24, 2.45) is 0 Å². The van der Waals surface area contributed by atoms with E-state index in [1.165, 1.54) is 0 Å². The van der Waals surface area contributed by atoms with E-state index >= 15 is 0 Å². The summed E-state index contributed by atoms with van der Waals surface area (Å²) in [6, 6.07) is 0. The third-order valence-electron chi connectivity index (χ3n) is 0.643. The van der Waals surface area contributed by atoms with Gasteiger partial charge in [-0.05, 0) is 12.8 Å². The molecule has 0 spiro atoms. The van der Waals surface area contributed by atoms with E-state index in [0.29, 0.717) is 12.8 Å². The van der Waals surface area contributed by atoms with E-state index in [9.17, 15) is 5.11 Å². The first-order chi connectivity index (χ1) is 2.21. The van der Waals surface area contributed by atoms with E-state index in [4.69, 9.17) is 11.6 Å². The average Bonchev–Trinajstić information content (AvgIpc) is 1.76. The van der Waals surface area contributed by atoms with Gasteiger partial charge in [0.05, 0.1) is 0 Å². The Hall–Kier alpha value is 0.250. The molecule has 1 rings (SSSR count). The summed E-state index contributed by atoms with van der Waals surface area (Å²) in [5, 5.41) is 8.95. The van der Waals surface area contributed by atoms with E-state index in [1.54, 1.807) is 0 Å². The summed E-state index contributed by atoms with van der Waals surface area (Å²) in [7, 11) is 0. The van der Waals surface area contributed by atoms with Crippen molar-refractivity contribution in [3.8, 4) is 0 Å². The van der Waals surface area contributed by atoms with Crippen LogP contribution in [0.4, 0.5) is 0 Å². The highest BCUT2D eigenvalue weighted by Gasteiger charge is 2.40. The standard InChI is InChI=1S/C3H4ClO/c4-3(5)1-2-3/h1-2H2. The predicted molar refractivity (Wildman–Crippen MR) is 18.5 cm³/mol. The van der Waals surface area contributed by atoms with Crippen LogP contribution in [0, 0.1) is 0 Å². The minimum atomic E-state index is -1.03. The van der Waals surface area contributed by atoms with Gasteiger partial charge >= 0.3 is 0 Å². The van der Waals surface area contributed by atoms with E-state index in [0.717, 1.165) is 0 Å². The molecule has 0 N–H and O–H groups in total. The van der Waals surface area contributed by atoms with Crippen LogP contribution >= 0.6 is 11.6 Å². The molecule has 5 heavy (non-hydrogen) atoms. The fourth-order valence-electron chi connectivity index (χ4n) is 0.0983. The SMILES string of the molecule is [O]C1(Cl)CC1. The van der Waals surface area contributed by atoms with Crippen LogP contribution in [0.3, 0.4) is 0 Å². The number of hydrogen-bond acceptors (Lipinski definition) is 0. The number of rotatable bonds is 0. The first-order valence-corrected chi connectivity index (χ1v) is 1.98. The van der Waals surface area contributed by atoms with Gasteiger partial charge in [0.1, 0.15) is 0 Å². The zero-order valence-corrected chi connectivity index (χ0v) is 3.46. The minimum Gasteiger partial charge on any atom is -0.212 e. The van der Waals surface area contributed by atoms with Gasteiger partial charge in [0.15, 0.2) is 5.06 Å². The molecule has 2 heteroatoms. The Labute approximate surface area is 35.6 Å². The molecule has 1 saturated carbocycles. The Morgan fingerprint density at radius 1 is 1.60 bits per heavy atom. The first-order valence-electron chi connectivity index (χ1n) is 1.60. The number of alkyl halides is 1. The minimum absolute atomic E-state index is 0.661. The van der Waals surface area contributed by atoms with E-state index < -0.39 is 5.06 Å². The van der Waals surface area contributed by atoms with Gasteiger partial charge in [-0.15, -0.1) is 0 Å². The summed E-state index contributed by atoms with van der Waals surface area (Å²) in [5.74, 6) is 0. The first kappa shape index (κ1) is 3.44. The highest BCUT2D eigenvalue weighted by molar-refractivity contribution is 6.24. The van der Waals surface area contributed by atoms with Gasteiger partial charge in [0.2, 0.25) is 0 Å². The summed E-state index contributed by atoms with van der Waals surface area (Å²) < 4.78 is 0. The fourth-order valence-corrected chi connectivity index (χ4v) is 0.193. The maximum atomic E-state index is 9.98. The van der Waals surface area contributed by atoms with E-state index in [2.05, 4.69) is 0 Å². The Morgan fingerprint density at radius 2 is 1.80 bits per heavy atom. The third-order valence-corrected chi connectivity index (χ3v) is 1.02. The van der Waals surface area contributed by atoms with E-state index in [1.807, 2.05) is 0 Å². The van der Waals surface area contributed by atoms with Crippen LogP contribution in [-0.4, -0.2) is 5.06 Å². The highest BCUT2D eigenvalue weighted by Crippen LogP contribution is 2.39. The molecule has 1 aliphatic carbocycles. The highest BCUT2D eigenvalue weighted by atomic mass is 35.5. The van der Waals surface area contributed by atoms with Crippen LogP contribution in [0.15, 0.2) is 0 Å². The van der Waals surface area contributed by atoms with Crippen molar-refractivity contribution < 1.29 is 5.11 Å². The molecule has 0 aromatic carbocycles. The molecule has 0 amide bonds. The van der Waals surface area contributed by atoms with Gasteiger partial charge in [-0.2, -0.15) is 0 Å². The van der Waals surface area contributed by atoms with Gasteiger partial charge < -0.3 is 0 Å². The Balaban J connectivity index is 2.38. The van der Waals surface area contributed by atoms with Crippen LogP contribution in [0.2, 0.25) is 0 Å². The summed E-state index contributed by atoms with van der Waals surface area (Å²) in [6.07, 6.45) is 1.32. The maximum Gasteiger partial charge on any atom is 0.176 e. The average molecular weight is 91.5 g/mol. The molecular weight excluding hydrogens is 87.5 g/mol. The lowest BCUT2D eigenvalue weighted by Gasteiger charge is -1.77. The lowest BCUT2D eigenvalue weighted by atomic mass is 10.9. The Morgan fingerprint density at radius 3 is 1.80 bits per heavy atom. The maximum absolute atomic E-state index is 9.98. The van der Waals surface area contributed by atoms with Crippen LogP contribution in [0.25, 0.3) is 0 Å². The van der Waals surface area contributed by atoms with Crippen molar-refractivity contribution >= 4 is 11.6 Å². The zero-order valence-electron chi connectivity index (χ0n) is 2.70. The van der Waals surface area contributed by atoms with Gasteiger partial charge in [-0.1, -0.05) is 11.6 Å². The topological polar surface area (TPSA) is 19.9 Å². The summed E-state index contributed by atoms with van der Waals surface area (Å²) in [5.41, 5.74) is 0. The van der Waals surface area contributed by atoms with Crippen molar-refractivity contribution in [1.29, 1.82) is 0 Å². The molecule has 0 aliphatic heterocycles. The van der Waals surface area contributed by atoms with Crippen molar-refractivity contribution in [3.05, 3.63) is 0 Å². The van der Waals surface area contributed by atoms with Crippen LogP contribution in [0.1, 0.15) is 12.8 Å². The second-order valence-corrected chi connectivity index (χ2v) is 2.07.